The summed E-state index contributed by atoms with van der Waals surface area (Å²) in [5.74, 6) is 1.30. The van der Waals surface area contributed by atoms with Crippen molar-refractivity contribution in [2.24, 2.45) is 5.92 Å². The van der Waals surface area contributed by atoms with Gasteiger partial charge in [0.25, 0.3) is 0 Å². The lowest BCUT2D eigenvalue weighted by molar-refractivity contribution is -0.118. The molecule has 2 aliphatic rings. The number of Topliss-reactive ketones (excluding diaryl/α,β-unsaturated/α-hetero) is 1. The third kappa shape index (κ3) is 3.31. The zero-order chi connectivity index (χ0) is 11.4. The smallest absolute Gasteiger partial charge is 0.131 e. The molecule has 2 fully saturated rings. The maximum atomic E-state index is 11.3. The number of likely N-dealkylation sites (tertiary alicyclic amines) is 1. The molecule has 1 aliphatic heterocycles. The van der Waals surface area contributed by atoms with Crippen LogP contribution in [-0.4, -0.2) is 29.8 Å². The van der Waals surface area contributed by atoms with Crippen LogP contribution in [0.25, 0.3) is 0 Å². The zero-order valence-corrected chi connectivity index (χ0v) is 10.6. The number of nitrogens with zero attached hydrogens (tertiary/aromatic N) is 1. The molecular formula is C14H25NO. The second kappa shape index (κ2) is 5.81. The lowest BCUT2D eigenvalue weighted by atomic mass is 9.84. The Morgan fingerprint density at radius 3 is 2.56 bits per heavy atom. The third-order valence-electron chi connectivity index (χ3n) is 4.24. The number of carbonyl (C=O) groups excluding carboxylic acids is 1. The van der Waals surface area contributed by atoms with Crippen molar-refractivity contribution in [3.63, 3.8) is 0 Å². The highest BCUT2D eigenvalue weighted by Gasteiger charge is 2.27. The minimum Gasteiger partial charge on any atom is -0.300 e. The van der Waals surface area contributed by atoms with Crippen LogP contribution in [0.15, 0.2) is 0 Å². The molecule has 2 rings (SSSR count). The molecule has 0 N–H and O–H groups in total. The van der Waals surface area contributed by atoms with Crippen LogP contribution in [0.4, 0.5) is 0 Å². The summed E-state index contributed by atoms with van der Waals surface area (Å²) in [5, 5.41) is 0. The Morgan fingerprint density at radius 2 is 1.94 bits per heavy atom. The Kier molecular flexibility index (Phi) is 4.39. The number of hydrogen-bond donors (Lipinski definition) is 0. The normalized spacial score (nSPS) is 28.4. The summed E-state index contributed by atoms with van der Waals surface area (Å²) < 4.78 is 0. The number of carbonyl (C=O) groups is 1. The molecule has 1 aliphatic carbocycles. The van der Waals surface area contributed by atoms with Crippen molar-refractivity contribution >= 4 is 5.78 Å². The van der Waals surface area contributed by atoms with E-state index in [-0.39, 0.29) is 0 Å². The van der Waals surface area contributed by atoms with Crippen LogP contribution in [-0.2, 0) is 4.79 Å². The van der Waals surface area contributed by atoms with Gasteiger partial charge in [-0.3, -0.25) is 9.69 Å². The molecule has 0 aromatic rings. The van der Waals surface area contributed by atoms with E-state index in [0.29, 0.717) is 11.8 Å². The van der Waals surface area contributed by atoms with E-state index in [1.807, 2.05) is 0 Å². The van der Waals surface area contributed by atoms with Crippen molar-refractivity contribution in [3.05, 3.63) is 0 Å². The largest absolute Gasteiger partial charge is 0.300 e. The van der Waals surface area contributed by atoms with Gasteiger partial charge in [-0.2, -0.15) is 0 Å². The van der Waals surface area contributed by atoms with E-state index < -0.39 is 0 Å². The van der Waals surface area contributed by atoms with Gasteiger partial charge in [0, 0.05) is 19.0 Å². The van der Waals surface area contributed by atoms with E-state index >= 15 is 0 Å². The molecule has 0 aromatic heterocycles. The summed E-state index contributed by atoms with van der Waals surface area (Å²) >= 11 is 0. The third-order valence-corrected chi connectivity index (χ3v) is 4.24. The average molecular weight is 223 g/mol. The maximum absolute atomic E-state index is 11.3. The Bertz CT molecular complexity index is 235. The Hall–Kier alpha value is -0.370. The maximum Gasteiger partial charge on any atom is 0.131 e. The van der Waals surface area contributed by atoms with E-state index in [1.54, 1.807) is 6.92 Å². The monoisotopic (exact) mass is 223 g/mol. The summed E-state index contributed by atoms with van der Waals surface area (Å²) in [4.78, 5) is 13.9. The fraction of sp³-hybridized carbons (Fsp3) is 0.929. The summed E-state index contributed by atoms with van der Waals surface area (Å²) in [6, 6.07) is 0.556. The molecule has 16 heavy (non-hydrogen) atoms. The van der Waals surface area contributed by atoms with E-state index in [4.69, 9.17) is 0 Å². The summed E-state index contributed by atoms with van der Waals surface area (Å²) in [7, 11) is 0. The molecule has 1 unspecified atom stereocenters. The van der Waals surface area contributed by atoms with Crippen LogP contribution >= 0.6 is 0 Å². The molecule has 0 aromatic carbocycles. The molecule has 2 nitrogen and oxygen atoms in total. The minimum atomic E-state index is 0.366. The second-order valence-electron chi connectivity index (χ2n) is 5.70. The van der Waals surface area contributed by atoms with Crippen LogP contribution in [0.3, 0.4) is 0 Å². The Labute approximate surface area is 99.4 Å². The molecule has 92 valence electrons. The van der Waals surface area contributed by atoms with Crippen molar-refractivity contribution < 1.29 is 4.79 Å². The summed E-state index contributed by atoms with van der Waals surface area (Å²) in [5.41, 5.74) is 0. The second-order valence-corrected chi connectivity index (χ2v) is 5.70. The van der Waals surface area contributed by atoms with Gasteiger partial charge < -0.3 is 0 Å². The number of hydrogen-bond acceptors (Lipinski definition) is 2. The van der Waals surface area contributed by atoms with Crippen molar-refractivity contribution in [1.29, 1.82) is 0 Å². The van der Waals surface area contributed by atoms with Gasteiger partial charge in [-0.25, -0.2) is 0 Å². The number of ketones is 1. The van der Waals surface area contributed by atoms with E-state index in [9.17, 15) is 4.79 Å². The molecular weight excluding hydrogens is 198 g/mol. The first kappa shape index (κ1) is 12.1. The van der Waals surface area contributed by atoms with Crippen molar-refractivity contribution in [2.45, 2.75) is 64.3 Å². The van der Waals surface area contributed by atoms with E-state index in [2.05, 4.69) is 4.90 Å². The predicted octanol–water partition coefficient (Wildman–Crippen LogP) is 3.01. The lowest BCUT2D eigenvalue weighted by Crippen LogP contribution is -2.41. The average Bonchev–Trinajstić information content (AvgIpc) is 2.37. The van der Waals surface area contributed by atoms with Gasteiger partial charge in [0.1, 0.15) is 5.78 Å². The zero-order valence-electron chi connectivity index (χ0n) is 10.6. The molecule has 0 bridgehead atoms. The highest BCUT2D eigenvalue weighted by molar-refractivity contribution is 5.76. The van der Waals surface area contributed by atoms with Crippen LogP contribution in [0.2, 0.25) is 0 Å². The van der Waals surface area contributed by atoms with Crippen LogP contribution in [0.5, 0.6) is 0 Å². The van der Waals surface area contributed by atoms with Gasteiger partial charge in [-0.05, 0) is 45.1 Å². The first-order valence-corrected chi connectivity index (χ1v) is 6.99. The minimum absolute atomic E-state index is 0.366. The van der Waals surface area contributed by atoms with Gasteiger partial charge in [-0.15, -0.1) is 0 Å². The van der Waals surface area contributed by atoms with E-state index in [1.165, 1.54) is 58.0 Å². The molecule has 0 radical (unpaired) electrons. The van der Waals surface area contributed by atoms with Gasteiger partial charge >= 0.3 is 0 Å². The molecule has 1 saturated heterocycles. The molecule has 1 heterocycles. The highest BCUT2D eigenvalue weighted by atomic mass is 16.1. The lowest BCUT2D eigenvalue weighted by Gasteiger charge is -2.36. The van der Waals surface area contributed by atoms with Gasteiger partial charge in [0.2, 0.25) is 0 Å². The molecule has 1 saturated carbocycles. The standard InChI is InChI=1S/C14H25NO/c1-12(16)10-14-8-3-2-4-9-15(14)11-13-6-5-7-13/h13-14H,2-11H2,1H3. The van der Waals surface area contributed by atoms with Gasteiger partial charge in [0.15, 0.2) is 0 Å². The first-order valence-electron chi connectivity index (χ1n) is 6.99. The topological polar surface area (TPSA) is 20.3 Å². The van der Waals surface area contributed by atoms with Crippen molar-refractivity contribution in [1.82, 2.24) is 4.90 Å². The summed E-state index contributed by atoms with van der Waals surface area (Å²) in [6.45, 7) is 4.23. The van der Waals surface area contributed by atoms with Gasteiger partial charge in [-0.1, -0.05) is 19.3 Å². The predicted molar refractivity (Wildman–Crippen MR) is 66.5 cm³/mol. The van der Waals surface area contributed by atoms with E-state index in [0.717, 1.165) is 12.3 Å². The first-order chi connectivity index (χ1) is 7.75. The fourth-order valence-corrected chi connectivity index (χ4v) is 3.05. The molecule has 0 spiro atoms. The Morgan fingerprint density at radius 1 is 1.12 bits per heavy atom. The Balaban J connectivity index is 1.88. The highest BCUT2D eigenvalue weighted by Crippen LogP contribution is 2.29. The molecule has 0 amide bonds. The van der Waals surface area contributed by atoms with Crippen LogP contribution in [0.1, 0.15) is 58.3 Å². The van der Waals surface area contributed by atoms with Crippen LogP contribution in [0, 0.1) is 5.92 Å². The van der Waals surface area contributed by atoms with Crippen molar-refractivity contribution in [2.75, 3.05) is 13.1 Å². The van der Waals surface area contributed by atoms with Gasteiger partial charge in [0.05, 0.1) is 0 Å². The van der Waals surface area contributed by atoms with Crippen molar-refractivity contribution in [3.8, 4) is 0 Å². The fourth-order valence-electron chi connectivity index (χ4n) is 3.05. The van der Waals surface area contributed by atoms with Crippen LogP contribution < -0.4 is 0 Å². The SMILES string of the molecule is CC(=O)CC1CCCCCN1CC1CCC1. The quantitative estimate of drug-likeness (QED) is 0.730. The number of rotatable bonds is 4. The molecule has 2 heteroatoms. The molecule has 1 atom stereocenters. The summed E-state index contributed by atoms with van der Waals surface area (Å²) in [6.07, 6.45) is 10.3.